The van der Waals surface area contributed by atoms with Gasteiger partial charge in [-0.15, -0.1) is 12.4 Å². The van der Waals surface area contributed by atoms with Gasteiger partial charge in [-0.1, -0.05) is 6.92 Å². The molecule has 0 saturated carbocycles. The lowest BCUT2D eigenvalue weighted by Crippen LogP contribution is -2.48. The van der Waals surface area contributed by atoms with Gasteiger partial charge in [0.05, 0.1) is 6.61 Å². The Hall–Kier alpha value is -0.320. The fourth-order valence-corrected chi connectivity index (χ4v) is 0.400. The van der Waals surface area contributed by atoms with Crippen LogP contribution in [0.25, 0.3) is 0 Å². The molecule has 0 fully saturated rings. The number of esters is 1. The highest BCUT2D eigenvalue weighted by Crippen LogP contribution is 2.02. The van der Waals surface area contributed by atoms with Crippen LogP contribution in [0.1, 0.15) is 20.3 Å². The molecule has 0 radical (unpaired) electrons. The van der Waals surface area contributed by atoms with Crippen molar-refractivity contribution < 1.29 is 14.6 Å². The maximum absolute atomic E-state index is 10.7. The van der Waals surface area contributed by atoms with Gasteiger partial charge in [-0.3, -0.25) is 5.73 Å². The molecule has 5 heteroatoms. The molecular formula is C6H14ClNO3. The van der Waals surface area contributed by atoms with Gasteiger partial charge < -0.3 is 9.84 Å². The molecule has 0 aliphatic carbocycles. The number of hydrogen-bond acceptors (Lipinski definition) is 4. The first kappa shape index (κ1) is 13.3. The first-order valence-corrected chi connectivity index (χ1v) is 3.23. The van der Waals surface area contributed by atoms with Crippen molar-refractivity contribution in [2.75, 3.05) is 6.61 Å². The number of carbonyl (C=O) groups is 1. The molecule has 0 heterocycles. The van der Waals surface area contributed by atoms with Gasteiger partial charge in [0.2, 0.25) is 5.72 Å². The Morgan fingerprint density at radius 3 is 2.36 bits per heavy atom. The Morgan fingerprint density at radius 1 is 1.64 bits per heavy atom. The fourth-order valence-electron chi connectivity index (χ4n) is 0.400. The van der Waals surface area contributed by atoms with E-state index in [-0.39, 0.29) is 25.4 Å². The second kappa shape index (κ2) is 5.35. The third-order valence-electron chi connectivity index (χ3n) is 1.17. The molecule has 1 atom stereocenters. The highest BCUT2D eigenvalue weighted by molar-refractivity contribution is 5.85. The molecule has 0 saturated heterocycles. The maximum atomic E-state index is 10.7. The van der Waals surface area contributed by atoms with Crippen molar-refractivity contribution in [3.8, 4) is 0 Å². The summed E-state index contributed by atoms with van der Waals surface area (Å²) in [6.07, 6.45) is 0.159. The standard InChI is InChI=1S/C6H13NO3.ClH/c1-3-6(7,9)5(8)10-4-2;/h9H,3-4,7H2,1-2H3;1H. The predicted molar refractivity (Wildman–Crippen MR) is 43.3 cm³/mol. The molecule has 4 nitrogen and oxygen atoms in total. The van der Waals surface area contributed by atoms with Gasteiger partial charge in [0, 0.05) is 0 Å². The minimum atomic E-state index is -1.81. The molecule has 0 spiro atoms. The van der Waals surface area contributed by atoms with E-state index < -0.39 is 11.7 Å². The summed E-state index contributed by atoms with van der Waals surface area (Å²) in [6, 6.07) is 0. The Bertz CT molecular complexity index is 127. The molecule has 0 aliphatic heterocycles. The highest BCUT2D eigenvalue weighted by Gasteiger charge is 2.29. The highest BCUT2D eigenvalue weighted by atomic mass is 35.5. The predicted octanol–water partition coefficient (Wildman–Crippen LogP) is 0.0286. The fraction of sp³-hybridized carbons (Fsp3) is 0.833. The van der Waals surface area contributed by atoms with Crippen molar-refractivity contribution in [1.29, 1.82) is 0 Å². The first-order chi connectivity index (χ1) is 4.54. The van der Waals surface area contributed by atoms with E-state index in [4.69, 9.17) is 10.8 Å². The smallest absolute Gasteiger partial charge is 0.353 e. The van der Waals surface area contributed by atoms with Crippen LogP contribution in [0, 0.1) is 0 Å². The average molecular weight is 184 g/mol. The Balaban J connectivity index is 0. The number of rotatable bonds is 3. The average Bonchev–Trinajstić information content (AvgIpc) is 1.89. The second-order valence-electron chi connectivity index (χ2n) is 2.00. The molecule has 0 aliphatic rings. The quantitative estimate of drug-likeness (QED) is 0.478. The zero-order valence-corrected chi connectivity index (χ0v) is 7.48. The van der Waals surface area contributed by atoms with Gasteiger partial charge in [-0.25, -0.2) is 4.79 Å². The largest absolute Gasteiger partial charge is 0.463 e. The SMILES string of the molecule is CCOC(=O)C(N)(O)CC.Cl. The summed E-state index contributed by atoms with van der Waals surface area (Å²) in [7, 11) is 0. The summed E-state index contributed by atoms with van der Waals surface area (Å²) in [4.78, 5) is 10.7. The summed E-state index contributed by atoms with van der Waals surface area (Å²) < 4.78 is 4.48. The van der Waals surface area contributed by atoms with E-state index in [0.717, 1.165) is 0 Å². The minimum absolute atomic E-state index is 0. The van der Waals surface area contributed by atoms with Gasteiger partial charge in [0.25, 0.3) is 0 Å². The van der Waals surface area contributed by atoms with Gasteiger partial charge in [-0.2, -0.15) is 0 Å². The Kier molecular flexibility index (Phi) is 6.46. The molecular weight excluding hydrogens is 170 g/mol. The maximum Gasteiger partial charge on any atom is 0.353 e. The van der Waals surface area contributed by atoms with Gasteiger partial charge >= 0.3 is 5.97 Å². The zero-order chi connectivity index (χ0) is 8.20. The molecule has 0 amide bonds. The van der Waals surface area contributed by atoms with Crippen LogP contribution >= 0.6 is 12.4 Å². The van der Waals surface area contributed by atoms with E-state index in [1.54, 1.807) is 13.8 Å². The Morgan fingerprint density at radius 2 is 2.09 bits per heavy atom. The van der Waals surface area contributed by atoms with Crippen LogP contribution in [0.2, 0.25) is 0 Å². The van der Waals surface area contributed by atoms with Crippen molar-refractivity contribution in [3.05, 3.63) is 0 Å². The van der Waals surface area contributed by atoms with E-state index in [1.807, 2.05) is 0 Å². The van der Waals surface area contributed by atoms with E-state index in [9.17, 15) is 4.79 Å². The first-order valence-electron chi connectivity index (χ1n) is 3.23. The van der Waals surface area contributed by atoms with Crippen LogP contribution in [0.4, 0.5) is 0 Å². The number of halogens is 1. The van der Waals surface area contributed by atoms with Crippen LogP contribution in [0.15, 0.2) is 0 Å². The van der Waals surface area contributed by atoms with Crippen LogP contribution in [0.3, 0.4) is 0 Å². The molecule has 0 aromatic rings. The number of ether oxygens (including phenoxy) is 1. The minimum Gasteiger partial charge on any atom is -0.463 e. The lowest BCUT2D eigenvalue weighted by atomic mass is 10.2. The van der Waals surface area contributed by atoms with Crippen molar-refractivity contribution in [2.45, 2.75) is 26.0 Å². The van der Waals surface area contributed by atoms with Crippen molar-refractivity contribution in [2.24, 2.45) is 5.73 Å². The molecule has 3 N–H and O–H groups in total. The summed E-state index contributed by atoms with van der Waals surface area (Å²) in [5.41, 5.74) is 3.32. The monoisotopic (exact) mass is 183 g/mol. The third-order valence-corrected chi connectivity index (χ3v) is 1.17. The van der Waals surface area contributed by atoms with Crippen molar-refractivity contribution in [3.63, 3.8) is 0 Å². The molecule has 0 bridgehead atoms. The summed E-state index contributed by atoms with van der Waals surface area (Å²) in [5.74, 6) is -0.766. The summed E-state index contributed by atoms with van der Waals surface area (Å²) in [5, 5.41) is 9.03. The molecule has 0 rings (SSSR count). The molecule has 0 aromatic carbocycles. The van der Waals surface area contributed by atoms with E-state index in [1.165, 1.54) is 0 Å². The van der Waals surface area contributed by atoms with Crippen molar-refractivity contribution >= 4 is 18.4 Å². The molecule has 11 heavy (non-hydrogen) atoms. The van der Waals surface area contributed by atoms with E-state index in [2.05, 4.69) is 4.74 Å². The number of hydrogen-bond donors (Lipinski definition) is 2. The molecule has 0 aromatic heterocycles. The lowest BCUT2D eigenvalue weighted by Gasteiger charge is -2.17. The van der Waals surface area contributed by atoms with Crippen LogP contribution in [-0.4, -0.2) is 23.4 Å². The van der Waals surface area contributed by atoms with E-state index in [0.29, 0.717) is 0 Å². The van der Waals surface area contributed by atoms with Gasteiger partial charge in [0.1, 0.15) is 0 Å². The normalized spacial score (nSPS) is 14.5. The second-order valence-corrected chi connectivity index (χ2v) is 2.00. The van der Waals surface area contributed by atoms with Crippen LogP contribution in [-0.2, 0) is 9.53 Å². The summed E-state index contributed by atoms with van der Waals surface area (Å²) in [6.45, 7) is 3.50. The number of nitrogens with two attached hydrogens (primary N) is 1. The molecule has 1 unspecified atom stereocenters. The lowest BCUT2D eigenvalue weighted by molar-refractivity contribution is -0.164. The van der Waals surface area contributed by atoms with Crippen molar-refractivity contribution in [1.82, 2.24) is 0 Å². The Labute approximate surface area is 72.1 Å². The van der Waals surface area contributed by atoms with Gasteiger partial charge in [-0.05, 0) is 13.3 Å². The topological polar surface area (TPSA) is 72.5 Å². The number of aliphatic hydroxyl groups is 1. The number of carbonyl (C=O) groups excluding carboxylic acids is 1. The zero-order valence-electron chi connectivity index (χ0n) is 6.66. The van der Waals surface area contributed by atoms with Gasteiger partial charge in [0.15, 0.2) is 0 Å². The molecule has 68 valence electrons. The summed E-state index contributed by atoms with van der Waals surface area (Å²) >= 11 is 0. The van der Waals surface area contributed by atoms with Crippen LogP contribution < -0.4 is 5.73 Å². The van der Waals surface area contributed by atoms with Crippen LogP contribution in [0.5, 0.6) is 0 Å². The third kappa shape index (κ3) is 4.19. The van der Waals surface area contributed by atoms with E-state index >= 15 is 0 Å².